The van der Waals surface area contributed by atoms with E-state index in [0.717, 1.165) is 11.1 Å². The van der Waals surface area contributed by atoms with Gasteiger partial charge in [-0.3, -0.25) is 14.8 Å². The second-order valence-corrected chi connectivity index (χ2v) is 3.81. The van der Waals surface area contributed by atoms with Crippen LogP contribution in [0.5, 0.6) is 5.75 Å². The molecule has 2 aromatic heterocycles. The maximum absolute atomic E-state index is 10.8. The first-order valence-electron chi connectivity index (χ1n) is 5.40. The molecule has 2 aromatic rings. The fraction of sp³-hybridized carbons (Fsp3) is 0.0769. The number of aromatic nitrogens is 2. The maximum atomic E-state index is 10.8. The number of carboxylic acids is 1. The average Bonchev–Trinajstić information content (AvgIpc) is 2.40. The zero-order valence-corrected chi connectivity index (χ0v) is 9.81. The van der Waals surface area contributed by atoms with Crippen molar-refractivity contribution in [2.45, 2.75) is 6.42 Å². The molecule has 0 spiro atoms. The van der Waals surface area contributed by atoms with Crippen molar-refractivity contribution in [2.24, 2.45) is 0 Å². The summed E-state index contributed by atoms with van der Waals surface area (Å²) in [6.45, 7) is 0.327. The lowest BCUT2D eigenvalue weighted by Gasteiger charge is -2.04. The van der Waals surface area contributed by atoms with Crippen molar-refractivity contribution in [3.8, 4) is 5.75 Å². The Bertz CT molecular complexity index is 613. The first-order valence-corrected chi connectivity index (χ1v) is 5.40. The first-order chi connectivity index (χ1) is 9.19. The summed E-state index contributed by atoms with van der Waals surface area (Å²) in [7, 11) is 0. The van der Waals surface area contributed by atoms with Crippen LogP contribution in [-0.4, -0.2) is 27.5 Å². The van der Waals surface area contributed by atoms with Gasteiger partial charge in [0.05, 0.1) is 11.8 Å². The van der Waals surface area contributed by atoms with Crippen LogP contribution in [0.1, 0.15) is 21.5 Å². The monoisotopic (exact) mass is 258 g/mol. The summed E-state index contributed by atoms with van der Waals surface area (Å²) in [6.07, 6.45) is 6.36. The molecule has 19 heavy (non-hydrogen) atoms. The lowest BCUT2D eigenvalue weighted by atomic mass is 10.1. The molecular formula is C13H10N2O4. The van der Waals surface area contributed by atoms with Crippen molar-refractivity contribution in [1.82, 2.24) is 9.97 Å². The predicted molar refractivity (Wildman–Crippen MR) is 64.9 cm³/mol. The number of carbonyl (C=O) groups is 2. The summed E-state index contributed by atoms with van der Waals surface area (Å²) in [5.41, 5.74) is 1.67. The van der Waals surface area contributed by atoms with Crippen molar-refractivity contribution in [3.63, 3.8) is 0 Å². The number of aromatic carboxylic acids is 1. The van der Waals surface area contributed by atoms with Crippen LogP contribution in [0, 0.1) is 0 Å². The van der Waals surface area contributed by atoms with E-state index in [0.29, 0.717) is 18.6 Å². The Hall–Kier alpha value is -2.76. The standard InChI is InChI=1S/C13H10N2O4/c16-8-19-12-3-10(5-15-7-12)1-9-2-11(13(17)18)6-14-4-9/h2-8H,1H2,(H,17,18). The van der Waals surface area contributed by atoms with Gasteiger partial charge in [0.2, 0.25) is 0 Å². The van der Waals surface area contributed by atoms with Crippen LogP contribution in [-0.2, 0) is 11.2 Å². The van der Waals surface area contributed by atoms with Gasteiger partial charge in [-0.2, -0.15) is 0 Å². The Balaban J connectivity index is 2.20. The highest BCUT2D eigenvalue weighted by molar-refractivity contribution is 5.87. The van der Waals surface area contributed by atoms with Crippen molar-refractivity contribution in [3.05, 3.63) is 53.6 Å². The third-order valence-electron chi connectivity index (χ3n) is 2.40. The van der Waals surface area contributed by atoms with Gasteiger partial charge in [-0.05, 0) is 23.3 Å². The van der Waals surface area contributed by atoms with Crippen LogP contribution in [0.25, 0.3) is 0 Å². The van der Waals surface area contributed by atoms with Crippen LogP contribution in [0.3, 0.4) is 0 Å². The van der Waals surface area contributed by atoms with Gasteiger partial charge >= 0.3 is 5.97 Å². The second-order valence-electron chi connectivity index (χ2n) is 3.81. The summed E-state index contributed by atoms with van der Waals surface area (Å²) in [5.74, 6) is -0.680. The molecule has 0 saturated carbocycles. The van der Waals surface area contributed by atoms with Crippen LogP contribution >= 0.6 is 0 Å². The minimum Gasteiger partial charge on any atom is -0.478 e. The van der Waals surface area contributed by atoms with Crippen LogP contribution in [0.4, 0.5) is 0 Å². The number of hydrogen-bond donors (Lipinski definition) is 1. The quantitative estimate of drug-likeness (QED) is 0.813. The highest BCUT2D eigenvalue weighted by Gasteiger charge is 2.05. The number of hydrogen-bond acceptors (Lipinski definition) is 5. The van der Waals surface area contributed by atoms with E-state index in [9.17, 15) is 9.59 Å². The smallest absolute Gasteiger partial charge is 0.337 e. The summed E-state index contributed by atoms with van der Waals surface area (Å²) < 4.78 is 4.69. The number of carboxylic acid groups (broad SMARTS) is 1. The second kappa shape index (κ2) is 5.72. The van der Waals surface area contributed by atoms with Gasteiger partial charge in [-0.1, -0.05) is 0 Å². The molecule has 0 aliphatic carbocycles. The number of carbonyl (C=O) groups excluding carboxylic acids is 1. The van der Waals surface area contributed by atoms with Crippen LogP contribution < -0.4 is 4.74 Å². The van der Waals surface area contributed by atoms with Gasteiger partial charge in [0.15, 0.2) is 0 Å². The highest BCUT2D eigenvalue weighted by atomic mass is 16.5. The molecule has 1 N–H and O–H groups in total. The molecule has 0 aliphatic heterocycles. The Morgan fingerprint density at radius 2 is 1.84 bits per heavy atom. The molecule has 0 unspecified atom stereocenters. The third kappa shape index (κ3) is 3.35. The molecule has 0 aromatic carbocycles. The molecule has 0 radical (unpaired) electrons. The van der Waals surface area contributed by atoms with Gasteiger partial charge in [-0.15, -0.1) is 0 Å². The maximum Gasteiger partial charge on any atom is 0.337 e. The molecule has 0 atom stereocenters. The minimum absolute atomic E-state index is 0.130. The van der Waals surface area contributed by atoms with E-state index >= 15 is 0 Å². The molecule has 6 heteroatoms. The number of pyridine rings is 2. The number of nitrogens with zero attached hydrogens (tertiary/aromatic N) is 2. The topological polar surface area (TPSA) is 89.4 Å². The van der Waals surface area contributed by atoms with Gasteiger partial charge in [-0.25, -0.2) is 4.79 Å². The summed E-state index contributed by atoms with van der Waals surface area (Å²) in [5, 5.41) is 8.88. The Kier molecular flexibility index (Phi) is 3.82. The highest BCUT2D eigenvalue weighted by Crippen LogP contribution is 2.14. The lowest BCUT2D eigenvalue weighted by molar-refractivity contribution is -0.120. The van der Waals surface area contributed by atoms with Crippen molar-refractivity contribution in [2.75, 3.05) is 0 Å². The van der Waals surface area contributed by atoms with Crippen LogP contribution in [0.15, 0.2) is 36.9 Å². The zero-order valence-electron chi connectivity index (χ0n) is 9.81. The van der Waals surface area contributed by atoms with Crippen molar-refractivity contribution >= 4 is 12.4 Å². The summed E-state index contributed by atoms with van der Waals surface area (Å²) in [6, 6.07) is 3.21. The SMILES string of the molecule is O=COc1cncc(Cc2cncc(C(=O)O)c2)c1. The molecule has 0 aliphatic rings. The van der Waals surface area contributed by atoms with Gasteiger partial charge in [0.25, 0.3) is 6.47 Å². The number of rotatable bonds is 5. The molecule has 0 saturated heterocycles. The van der Waals surface area contributed by atoms with E-state index < -0.39 is 5.97 Å². The van der Waals surface area contributed by atoms with E-state index in [2.05, 4.69) is 9.97 Å². The normalized spacial score (nSPS) is 9.89. The van der Waals surface area contributed by atoms with Crippen LogP contribution in [0.2, 0.25) is 0 Å². The van der Waals surface area contributed by atoms with Crippen molar-refractivity contribution < 1.29 is 19.4 Å². The molecule has 0 bridgehead atoms. The Labute approximate surface area is 108 Å². The average molecular weight is 258 g/mol. The Morgan fingerprint density at radius 3 is 2.53 bits per heavy atom. The minimum atomic E-state index is -1.02. The molecule has 0 fully saturated rings. The third-order valence-corrected chi connectivity index (χ3v) is 2.40. The molecule has 96 valence electrons. The Morgan fingerprint density at radius 1 is 1.16 bits per heavy atom. The molecule has 6 nitrogen and oxygen atoms in total. The molecular weight excluding hydrogens is 248 g/mol. The van der Waals surface area contributed by atoms with E-state index in [1.807, 2.05) is 0 Å². The van der Waals surface area contributed by atoms with E-state index in [4.69, 9.17) is 9.84 Å². The lowest BCUT2D eigenvalue weighted by Crippen LogP contribution is -2.00. The van der Waals surface area contributed by atoms with Gasteiger partial charge in [0.1, 0.15) is 5.75 Å². The first kappa shape index (κ1) is 12.7. The predicted octanol–water partition coefficient (Wildman–Crippen LogP) is 1.30. The van der Waals surface area contributed by atoms with E-state index in [-0.39, 0.29) is 5.56 Å². The van der Waals surface area contributed by atoms with Crippen molar-refractivity contribution in [1.29, 1.82) is 0 Å². The van der Waals surface area contributed by atoms with Gasteiger partial charge in [0, 0.05) is 25.0 Å². The summed E-state index contributed by atoms with van der Waals surface area (Å²) in [4.78, 5) is 28.9. The number of ether oxygens (including phenoxy) is 1. The van der Waals surface area contributed by atoms with E-state index in [1.54, 1.807) is 24.5 Å². The summed E-state index contributed by atoms with van der Waals surface area (Å²) >= 11 is 0. The molecule has 2 heterocycles. The fourth-order valence-corrected chi connectivity index (χ4v) is 1.62. The molecule has 2 rings (SSSR count). The largest absolute Gasteiger partial charge is 0.478 e. The van der Waals surface area contributed by atoms with Gasteiger partial charge < -0.3 is 9.84 Å². The van der Waals surface area contributed by atoms with E-state index in [1.165, 1.54) is 12.4 Å². The zero-order chi connectivity index (χ0) is 13.7. The fourth-order valence-electron chi connectivity index (χ4n) is 1.62. The molecule has 0 amide bonds.